The molecule has 0 bridgehead atoms. The minimum absolute atomic E-state index is 0.138. The normalized spacial score (nSPS) is 48.1. The lowest BCUT2D eigenvalue weighted by molar-refractivity contribution is -0.173. The quantitative estimate of drug-likeness (QED) is 0.578. The van der Waals surface area contributed by atoms with Crippen LogP contribution in [0.3, 0.4) is 0 Å². The molecule has 0 unspecified atom stereocenters. The summed E-state index contributed by atoms with van der Waals surface area (Å²) in [4.78, 5) is 25.3. The van der Waals surface area contributed by atoms with Crippen LogP contribution >= 0.6 is 0 Å². The van der Waals surface area contributed by atoms with Crippen LogP contribution in [0.5, 0.6) is 0 Å². The molecule has 0 spiro atoms. The van der Waals surface area contributed by atoms with Gasteiger partial charge < -0.3 is 24.8 Å². The van der Waals surface area contributed by atoms with Crippen LogP contribution in [0, 0.1) is 40.4 Å². The van der Waals surface area contributed by atoms with Gasteiger partial charge in [-0.25, -0.2) is 4.79 Å². The van der Waals surface area contributed by atoms with Crippen LogP contribution < -0.4 is 0 Å². The van der Waals surface area contributed by atoms with E-state index in [1.165, 1.54) is 0 Å². The molecule has 3 N–H and O–H groups in total. The van der Waals surface area contributed by atoms with E-state index in [-0.39, 0.29) is 47.6 Å². The van der Waals surface area contributed by atoms with E-state index in [2.05, 4.69) is 13.8 Å². The van der Waals surface area contributed by atoms with Crippen molar-refractivity contribution in [3.63, 3.8) is 0 Å². The molecule has 0 aromatic heterocycles. The first-order valence-corrected chi connectivity index (χ1v) is 11.9. The van der Waals surface area contributed by atoms with Crippen LogP contribution in [-0.2, 0) is 19.1 Å². The molecule has 1 saturated heterocycles. The van der Waals surface area contributed by atoms with Crippen LogP contribution in [0.15, 0.2) is 0 Å². The molecule has 4 aliphatic rings. The zero-order valence-electron chi connectivity index (χ0n) is 19.1. The van der Waals surface area contributed by atoms with Gasteiger partial charge in [-0.05, 0) is 67.6 Å². The number of ether oxygens (including phenoxy) is 2. The fraction of sp³-hybridized carbons (Fsp3) is 0.917. The summed E-state index contributed by atoms with van der Waals surface area (Å²) in [6.07, 6.45) is 0.928. The van der Waals surface area contributed by atoms with Crippen molar-refractivity contribution in [2.75, 3.05) is 6.61 Å². The van der Waals surface area contributed by atoms with Gasteiger partial charge in [0, 0.05) is 5.41 Å². The number of fused-ring (bicyclic) bond motifs is 5. The molecule has 4 rings (SSSR count). The summed E-state index contributed by atoms with van der Waals surface area (Å²) in [6.45, 7) is 8.20. The number of hydrogen-bond acceptors (Lipinski definition) is 7. The second kappa shape index (κ2) is 7.99. The highest BCUT2D eigenvalue weighted by Crippen LogP contribution is 2.63. The lowest BCUT2D eigenvalue weighted by atomic mass is 9.49. The van der Waals surface area contributed by atoms with Crippen LogP contribution in [0.4, 0.5) is 0 Å². The molecular weight excluding hydrogens is 400 g/mol. The predicted octanol–water partition coefficient (Wildman–Crippen LogP) is 2.05. The van der Waals surface area contributed by atoms with E-state index < -0.39 is 35.6 Å². The number of hydrogen-bond donors (Lipinski definition) is 3. The number of cyclic esters (lactones) is 1. The van der Waals surface area contributed by atoms with Crippen LogP contribution in [0.25, 0.3) is 0 Å². The van der Waals surface area contributed by atoms with Gasteiger partial charge in [-0.2, -0.15) is 0 Å². The Bertz CT molecular complexity index is 723. The van der Waals surface area contributed by atoms with Gasteiger partial charge in [0.25, 0.3) is 0 Å². The predicted molar refractivity (Wildman–Crippen MR) is 112 cm³/mol. The first-order valence-electron chi connectivity index (χ1n) is 11.9. The van der Waals surface area contributed by atoms with Gasteiger partial charge in [0.1, 0.15) is 6.10 Å². The molecule has 0 radical (unpaired) electrons. The van der Waals surface area contributed by atoms with Crippen molar-refractivity contribution in [3.8, 4) is 0 Å². The lowest BCUT2D eigenvalue weighted by Gasteiger charge is -2.55. The molecule has 7 nitrogen and oxygen atoms in total. The van der Waals surface area contributed by atoms with Gasteiger partial charge in [-0.15, -0.1) is 0 Å². The topological polar surface area (TPSA) is 113 Å². The summed E-state index contributed by atoms with van der Waals surface area (Å²) < 4.78 is 11.6. The van der Waals surface area contributed by atoms with E-state index in [0.717, 1.165) is 25.7 Å². The van der Waals surface area contributed by atoms with Crippen molar-refractivity contribution in [1.29, 1.82) is 0 Å². The number of carbonyl (C=O) groups excluding carboxylic acids is 2. The zero-order valence-corrected chi connectivity index (χ0v) is 19.1. The van der Waals surface area contributed by atoms with E-state index in [1.807, 2.05) is 0 Å². The largest absolute Gasteiger partial charge is 0.465 e. The van der Waals surface area contributed by atoms with E-state index in [9.17, 15) is 24.9 Å². The first-order chi connectivity index (χ1) is 14.5. The smallest absolute Gasteiger partial charge is 0.335 e. The van der Waals surface area contributed by atoms with Gasteiger partial charge in [-0.3, -0.25) is 4.79 Å². The Kier molecular flexibility index (Phi) is 5.93. The van der Waals surface area contributed by atoms with Crippen molar-refractivity contribution < 1.29 is 34.4 Å². The van der Waals surface area contributed by atoms with Crippen molar-refractivity contribution >= 4 is 11.9 Å². The molecule has 10 atom stereocenters. The fourth-order valence-electron chi connectivity index (χ4n) is 7.42. The molecule has 1 aliphatic heterocycles. The summed E-state index contributed by atoms with van der Waals surface area (Å²) in [5.41, 5.74) is -0.635. The summed E-state index contributed by atoms with van der Waals surface area (Å²) in [5.74, 6) is -0.814. The van der Waals surface area contributed by atoms with Crippen molar-refractivity contribution in [2.45, 2.75) is 90.6 Å². The molecule has 7 heteroatoms. The van der Waals surface area contributed by atoms with E-state index in [0.29, 0.717) is 13.0 Å². The average Bonchev–Trinajstić information content (AvgIpc) is 2.99. The lowest BCUT2D eigenvalue weighted by Crippen LogP contribution is -2.55. The standard InChI is InChI=1S/C24H38O7/c1-12(2)20(27)22(29)31-19-6-5-14-13-11-30-21(28)16-9-17(25)18(26)10-24(16,4)15(13)7-8-23(14,19)3/h12-20,25-27H,5-11H2,1-4H3/t13-,14-,15-,16+,17-,18+,19-,20+,23-,24+/m0/s1. The number of esters is 2. The Morgan fingerprint density at radius 2 is 1.77 bits per heavy atom. The third-order valence-electron chi connectivity index (χ3n) is 9.40. The Morgan fingerprint density at radius 1 is 1.10 bits per heavy atom. The first kappa shape index (κ1) is 23.0. The highest BCUT2D eigenvalue weighted by atomic mass is 16.6. The van der Waals surface area contributed by atoms with Gasteiger partial charge in [0.2, 0.25) is 0 Å². The number of rotatable bonds is 3. The molecule has 1 heterocycles. The summed E-state index contributed by atoms with van der Waals surface area (Å²) in [6, 6.07) is 0. The molecule has 0 amide bonds. The molecule has 3 aliphatic carbocycles. The molecular formula is C24H38O7. The number of carbonyl (C=O) groups is 2. The second-order valence-electron chi connectivity index (χ2n) is 11.4. The maximum absolute atomic E-state index is 12.9. The minimum atomic E-state index is -1.12. The molecule has 0 aromatic rings. The highest BCUT2D eigenvalue weighted by molar-refractivity contribution is 5.75. The van der Waals surface area contributed by atoms with E-state index >= 15 is 0 Å². The van der Waals surface area contributed by atoms with Crippen molar-refractivity contribution in [2.24, 2.45) is 40.4 Å². The monoisotopic (exact) mass is 438 g/mol. The Hall–Kier alpha value is -1.18. The minimum Gasteiger partial charge on any atom is -0.465 e. The van der Waals surface area contributed by atoms with Gasteiger partial charge >= 0.3 is 11.9 Å². The third-order valence-corrected chi connectivity index (χ3v) is 9.40. The average molecular weight is 439 g/mol. The van der Waals surface area contributed by atoms with E-state index in [4.69, 9.17) is 9.47 Å². The summed E-state index contributed by atoms with van der Waals surface area (Å²) in [5, 5.41) is 30.8. The maximum Gasteiger partial charge on any atom is 0.335 e. The SMILES string of the molecule is CC(C)[C@@H](O)C(=O)O[C@H]1CC[C@H]2[C@@H]3COC(=O)[C@H]4C[C@H](O)[C@H](O)C[C@]4(C)[C@H]3CC[C@]12C. The Balaban J connectivity index is 1.58. The van der Waals surface area contributed by atoms with Crippen LogP contribution in [0.2, 0.25) is 0 Å². The summed E-state index contributed by atoms with van der Waals surface area (Å²) in [7, 11) is 0. The number of aliphatic hydroxyl groups is 3. The fourth-order valence-corrected chi connectivity index (χ4v) is 7.42. The molecule has 0 aromatic carbocycles. The Morgan fingerprint density at radius 3 is 2.45 bits per heavy atom. The van der Waals surface area contributed by atoms with Crippen LogP contribution in [-0.4, -0.2) is 58.3 Å². The molecule has 3 saturated carbocycles. The second-order valence-corrected chi connectivity index (χ2v) is 11.4. The van der Waals surface area contributed by atoms with Gasteiger partial charge in [-0.1, -0.05) is 27.7 Å². The third kappa shape index (κ3) is 3.61. The zero-order chi connectivity index (χ0) is 22.7. The van der Waals surface area contributed by atoms with Gasteiger partial charge in [0.05, 0.1) is 24.7 Å². The maximum atomic E-state index is 12.9. The van der Waals surface area contributed by atoms with Crippen molar-refractivity contribution in [3.05, 3.63) is 0 Å². The molecule has 4 fully saturated rings. The number of aliphatic hydroxyl groups excluding tert-OH is 3. The van der Waals surface area contributed by atoms with Crippen LogP contribution in [0.1, 0.15) is 66.2 Å². The van der Waals surface area contributed by atoms with Crippen molar-refractivity contribution in [1.82, 2.24) is 0 Å². The molecule has 176 valence electrons. The van der Waals surface area contributed by atoms with E-state index in [1.54, 1.807) is 13.8 Å². The van der Waals surface area contributed by atoms with Gasteiger partial charge in [0.15, 0.2) is 6.10 Å². The summed E-state index contributed by atoms with van der Waals surface area (Å²) >= 11 is 0. The highest BCUT2D eigenvalue weighted by Gasteiger charge is 2.63. The Labute approximate surface area is 184 Å². The molecule has 31 heavy (non-hydrogen) atoms.